The van der Waals surface area contributed by atoms with Crippen LogP contribution in [0.1, 0.15) is 96.5 Å². The second-order valence-corrected chi connectivity index (χ2v) is 12.4. The van der Waals surface area contributed by atoms with Crippen molar-refractivity contribution < 1.29 is 9.90 Å². The van der Waals surface area contributed by atoms with Crippen LogP contribution in [-0.4, -0.2) is 26.3 Å². The third-order valence-electron chi connectivity index (χ3n) is 10.6. The van der Waals surface area contributed by atoms with Crippen LogP contribution in [0.25, 0.3) is 0 Å². The summed E-state index contributed by atoms with van der Waals surface area (Å²) in [7, 11) is 0. The zero-order valence-electron chi connectivity index (χ0n) is 20.5. The number of hydrogen-bond donors (Lipinski definition) is 1. The van der Waals surface area contributed by atoms with Gasteiger partial charge >= 0.3 is 0 Å². The molecule has 1 aromatic heterocycles. The normalized spacial score (nSPS) is 42.8. The highest BCUT2D eigenvalue weighted by molar-refractivity contribution is 5.82. The van der Waals surface area contributed by atoms with E-state index >= 15 is 0 Å². The minimum Gasteiger partial charge on any atom is -0.390 e. The highest BCUT2D eigenvalue weighted by atomic mass is 16.3. The minimum absolute atomic E-state index is 0.140. The molecule has 4 aliphatic carbocycles. The largest absolute Gasteiger partial charge is 0.390 e. The van der Waals surface area contributed by atoms with Gasteiger partial charge in [-0.05, 0) is 106 Å². The van der Waals surface area contributed by atoms with Crippen molar-refractivity contribution in [3.8, 4) is 6.07 Å². The fourth-order valence-electron chi connectivity index (χ4n) is 8.81. The molecule has 33 heavy (non-hydrogen) atoms. The Morgan fingerprint density at radius 2 is 1.88 bits per heavy atom. The molecular formula is C28H41N3O2. The first-order valence-electron chi connectivity index (χ1n) is 13.5. The van der Waals surface area contributed by atoms with Crippen molar-refractivity contribution in [3.63, 3.8) is 0 Å². The summed E-state index contributed by atoms with van der Waals surface area (Å²) in [6.07, 6.45) is 16.8. The van der Waals surface area contributed by atoms with Crippen molar-refractivity contribution in [3.05, 3.63) is 18.0 Å². The number of aliphatic hydroxyl groups is 1. The monoisotopic (exact) mass is 451 g/mol. The number of aromatic nitrogens is 2. The number of hydrogen-bond acceptors (Lipinski definition) is 4. The molecule has 4 saturated carbocycles. The molecule has 0 bridgehead atoms. The summed E-state index contributed by atoms with van der Waals surface area (Å²) >= 11 is 0. The first-order valence-corrected chi connectivity index (χ1v) is 13.5. The van der Waals surface area contributed by atoms with E-state index in [9.17, 15) is 9.90 Å². The number of fused-ring (bicyclic) bond motifs is 5. The van der Waals surface area contributed by atoms with Crippen LogP contribution in [0.15, 0.2) is 12.4 Å². The maximum absolute atomic E-state index is 13.5. The third kappa shape index (κ3) is 4.29. The highest BCUT2D eigenvalue weighted by Crippen LogP contribution is 2.63. The topological polar surface area (TPSA) is 78.9 Å². The number of aryl methyl sites for hydroxylation is 1. The molecule has 0 spiro atoms. The van der Waals surface area contributed by atoms with E-state index in [4.69, 9.17) is 5.26 Å². The number of carbonyl (C=O) groups is 1. The molecule has 8 atom stereocenters. The number of ketones is 1. The number of Topliss-reactive ketones (excluding diaryl/α,β-unsaturated/α-hetero) is 1. The lowest BCUT2D eigenvalue weighted by atomic mass is 9.45. The van der Waals surface area contributed by atoms with E-state index in [1.165, 1.54) is 51.4 Å². The maximum Gasteiger partial charge on any atom is 0.138 e. The van der Waals surface area contributed by atoms with E-state index in [-0.39, 0.29) is 11.3 Å². The Labute approximate surface area is 198 Å². The summed E-state index contributed by atoms with van der Waals surface area (Å²) in [4.78, 5) is 13.5. The van der Waals surface area contributed by atoms with Crippen LogP contribution in [0.4, 0.5) is 0 Å². The van der Waals surface area contributed by atoms with Crippen LogP contribution >= 0.6 is 0 Å². The molecule has 0 amide bonds. The van der Waals surface area contributed by atoms with E-state index in [1.54, 1.807) is 17.1 Å². The van der Waals surface area contributed by atoms with Crippen LogP contribution in [0.5, 0.6) is 0 Å². The molecule has 0 aromatic carbocycles. The Kier molecular flexibility index (Phi) is 6.18. The SMILES string of the molecule is C[C@]1(O)CC[C@H]2CC[C@@H]3[C@H](CC[C@]4(C)[C@@H](C(=O)CCn5cc(C#N)cn5)CCC[C@@H]34)[C@H]2CC1. The van der Waals surface area contributed by atoms with Crippen LogP contribution in [0, 0.1) is 52.3 Å². The molecule has 180 valence electrons. The molecule has 4 aliphatic rings. The number of rotatable bonds is 4. The molecule has 0 saturated heterocycles. The molecule has 5 heteroatoms. The van der Waals surface area contributed by atoms with Gasteiger partial charge in [0, 0.05) is 25.1 Å². The van der Waals surface area contributed by atoms with E-state index in [0.29, 0.717) is 30.2 Å². The second kappa shape index (κ2) is 8.84. The Bertz CT molecular complexity index is 914. The van der Waals surface area contributed by atoms with Crippen LogP contribution in [0.2, 0.25) is 0 Å². The molecule has 5 nitrogen and oxygen atoms in total. The van der Waals surface area contributed by atoms with Gasteiger partial charge < -0.3 is 5.11 Å². The second-order valence-electron chi connectivity index (χ2n) is 12.4. The number of nitriles is 1. The van der Waals surface area contributed by atoms with Gasteiger partial charge in [0.05, 0.1) is 17.4 Å². The van der Waals surface area contributed by atoms with Gasteiger partial charge in [-0.25, -0.2) is 0 Å². The van der Waals surface area contributed by atoms with Gasteiger partial charge in [0.1, 0.15) is 11.9 Å². The Hall–Kier alpha value is -1.67. The summed E-state index contributed by atoms with van der Waals surface area (Å²) in [5.74, 6) is 4.43. The highest BCUT2D eigenvalue weighted by Gasteiger charge is 2.56. The lowest BCUT2D eigenvalue weighted by molar-refractivity contribution is -0.143. The van der Waals surface area contributed by atoms with Gasteiger partial charge in [-0.1, -0.05) is 13.3 Å². The Morgan fingerprint density at radius 1 is 1.09 bits per heavy atom. The van der Waals surface area contributed by atoms with E-state index in [2.05, 4.69) is 18.1 Å². The number of carbonyl (C=O) groups excluding carboxylic acids is 1. The summed E-state index contributed by atoms with van der Waals surface area (Å²) in [6.45, 7) is 5.07. The first-order chi connectivity index (χ1) is 15.8. The Morgan fingerprint density at radius 3 is 2.67 bits per heavy atom. The lowest BCUT2D eigenvalue weighted by Crippen LogP contribution is -2.53. The quantitative estimate of drug-likeness (QED) is 0.654. The summed E-state index contributed by atoms with van der Waals surface area (Å²) in [5, 5.41) is 24.0. The van der Waals surface area contributed by atoms with Gasteiger partial charge in [0.2, 0.25) is 0 Å². The average Bonchev–Trinajstić information content (AvgIpc) is 3.20. The molecule has 0 aliphatic heterocycles. The first kappa shape index (κ1) is 23.1. The van der Waals surface area contributed by atoms with E-state index < -0.39 is 5.60 Å². The van der Waals surface area contributed by atoms with Crippen LogP contribution < -0.4 is 0 Å². The van der Waals surface area contributed by atoms with E-state index in [1.807, 2.05) is 6.92 Å². The van der Waals surface area contributed by atoms with Gasteiger partial charge in [0.25, 0.3) is 0 Å². The minimum atomic E-state index is -0.471. The van der Waals surface area contributed by atoms with Gasteiger partial charge in [0.15, 0.2) is 0 Å². The predicted octanol–water partition coefficient (Wildman–Crippen LogP) is 5.51. The van der Waals surface area contributed by atoms with Crippen LogP contribution in [0.3, 0.4) is 0 Å². The fourth-order valence-corrected chi connectivity index (χ4v) is 8.81. The smallest absolute Gasteiger partial charge is 0.138 e. The van der Waals surface area contributed by atoms with Crippen molar-refractivity contribution in [2.75, 3.05) is 0 Å². The summed E-state index contributed by atoms with van der Waals surface area (Å²) < 4.78 is 1.75. The fraction of sp³-hybridized carbons (Fsp3) is 0.821. The molecular weight excluding hydrogens is 410 g/mol. The van der Waals surface area contributed by atoms with Crippen molar-refractivity contribution in [1.29, 1.82) is 5.26 Å². The molecule has 5 rings (SSSR count). The van der Waals surface area contributed by atoms with E-state index in [0.717, 1.165) is 42.9 Å². The van der Waals surface area contributed by atoms with Crippen molar-refractivity contribution in [2.45, 2.75) is 103 Å². The predicted molar refractivity (Wildman–Crippen MR) is 127 cm³/mol. The Balaban J connectivity index is 1.29. The van der Waals surface area contributed by atoms with Gasteiger partial charge in [-0.2, -0.15) is 10.4 Å². The molecule has 1 aromatic rings. The lowest BCUT2D eigenvalue weighted by Gasteiger charge is -2.59. The third-order valence-corrected chi connectivity index (χ3v) is 10.6. The van der Waals surface area contributed by atoms with Crippen LogP contribution in [-0.2, 0) is 11.3 Å². The average molecular weight is 452 g/mol. The van der Waals surface area contributed by atoms with Gasteiger partial charge in [-0.3, -0.25) is 9.48 Å². The molecule has 0 unspecified atom stereocenters. The van der Waals surface area contributed by atoms with Gasteiger partial charge in [-0.15, -0.1) is 0 Å². The molecule has 1 heterocycles. The molecule has 1 N–H and O–H groups in total. The number of nitrogens with zero attached hydrogens (tertiary/aromatic N) is 3. The zero-order valence-corrected chi connectivity index (χ0v) is 20.5. The maximum atomic E-state index is 13.5. The summed E-state index contributed by atoms with van der Waals surface area (Å²) in [6, 6.07) is 2.11. The van der Waals surface area contributed by atoms with Crippen molar-refractivity contribution in [1.82, 2.24) is 9.78 Å². The summed E-state index contributed by atoms with van der Waals surface area (Å²) in [5.41, 5.74) is 0.226. The van der Waals surface area contributed by atoms with Crippen molar-refractivity contribution in [2.24, 2.45) is 40.9 Å². The standard InChI is InChI=1S/C28H41N3O2/c1-27(33)12-8-20-6-7-23-22(21(20)9-13-27)10-14-28(2)24(23)4-3-5-25(28)26(32)11-15-31-18-19(16-29)17-30-31/h17-18,20-25,33H,3-15H2,1-2H3/t20-,21+,22-,23-,24+,25-,27+,28+/m1/s1. The zero-order chi connectivity index (χ0) is 23.2. The molecule has 4 fully saturated rings. The molecule has 0 radical (unpaired) electrons. The van der Waals surface area contributed by atoms with Crippen molar-refractivity contribution >= 4 is 5.78 Å².